The van der Waals surface area contributed by atoms with E-state index in [1.165, 1.54) is 25.5 Å². The molecule has 284 valence electrons. The summed E-state index contributed by atoms with van der Waals surface area (Å²) in [5, 5.41) is 7.88. The fourth-order valence-corrected chi connectivity index (χ4v) is 8.47. The van der Waals surface area contributed by atoms with E-state index >= 15 is 4.39 Å². The number of para-hydroxylation sites is 1. The van der Waals surface area contributed by atoms with Crippen molar-refractivity contribution in [3.8, 4) is 17.2 Å². The highest BCUT2D eigenvalue weighted by molar-refractivity contribution is 6.07. The van der Waals surface area contributed by atoms with E-state index in [1.54, 1.807) is 10.8 Å². The molecule has 0 spiro atoms. The molecule has 1 atom stereocenters. The fourth-order valence-electron chi connectivity index (χ4n) is 8.47. The number of amides is 2. The molecule has 4 N–H and O–H groups in total. The van der Waals surface area contributed by atoms with Crippen LogP contribution in [0.1, 0.15) is 55.3 Å². The Bertz CT molecular complexity index is 2270. The van der Waals surface area contributed by atoms with E-state index in [-0.39, 0.29) is 16.9 Å². The monoisotopic (exact) mass is 737 g/mol. The molecule has 1 unspecified atom stereocenters. The predicted molar refractivity (Wildman–Crippen MR) is 209 cm³/mol. The van der Waals surface area contributed by atoms with E-state index in [9.17, 15) is 14.4 Å². The predicted octanol–water partition coefficient (Wildman–Crippen LogP) is 5.11. The van der Waals surface area contributed by atoms with Crippen molar-refractivity contribution in [2.75, 3.05) is 70.9 Å². The van der Waals surface area contributed by atoms with E-state index in [1.807, 2.05) is 41.3 Å². The molecule has 0 aliphatic carbocycles. The van der Waals surface area contributed by atoms with Gasteiger partial charge < -0.3 is 44.8 Å². The number of carbonyl (C=O) groups excluding carboxylic acids is 2. The molecule has 4 aliphatic heterocycles. The number of nitrogens with two attached hydrogens (primary N) is 1. The summed E-state index contributed by atoms with van der Waals surface area (Å²) in [4.78, 5) is 44.2. The molecule has 9 rings (SSSR count). The van der Waals surface area contributed by atoms with Crippen LogP contribution in [0.4, 0.5) is 10.1 Å². The lowest BCUT2D eigenvalue weighted by Gasteiger charge is -2.29. The van der Waals surface area contributed by atoms with E-state index < -0.39 is 17.2 Å². The molecule has 5 aromatic rings. The third kappa shape index (κ3) is 7.03. The van der Waals surface area contributed by atoms with Gasteiger partial charge in [-0.15, -0.1) is 0 Å². The average molecular weight is 738 g/mol. The Morgan fingerprint density at radius 2 is 1.70 bits per heavy atom. The van der Waals surface area contributed by atoms with E-state index in [2.05, 4.69) is 27.5 Å². The van der Waals surface area contributed by atoms with Gasteiger partial charge in [-0.25, -0.2) is 4.39 Å². The van der Waals surface area contributed by atoms with Crippen molar-refractivity contribution in [2.45, 2.75) is 51.0 Å². The summed E-state index contributed by atoms with van der Waals surface area (Å²) < 4.78 is 30.3. The first-order valence-electron chi connectivity index (χ1n) is 19.3. The summed E-state index contributed by atoms with van der Waals surface area (Å²) in [6.45, 7) is 7.02. The molecule has 3 fully saturated rings. The van der Waals surface area contributed by atoms with Crippen LogP contribution in [0.2, 0.25) is 0 Å². The van der Waals surface area contributed by atoms with E-state index in [0.29, 0.717) is 66.2 Å². The second-order valence-corrected chi connectivity index (χ2v) is 14.9. The van der Waals surface area contributed by atoms with Gasteiger partial charge in [-0.3, -0.25) is 14.4 Å². The first-order valence-corrected chi connectivity index (χ1v) is 19.3. The molecule has 0 bridgehead atoms. The topological polar surface area (TPSA) is 138 Å². The molecule has 54 heavy (non-hydrogen) atoms. The van der Waals surface area contributed by atoms with Crippen molar-refractivity contribution in [3.63, 3.8) is 0 Å². The van der Waals surface area contributed by atoms with Crippen molar-refractivity contribution in [3.05, 3.63) is 70.3 Å². The van der Waals surface area contributed by atoms with Crippen LogP contribution in [0.15, 0.2) is 57.9 Å². The molecule has 3 aromatic carbocycles. The zero-order valence-electron chi connectivity index (χ0n) is 30.8. The number of benzene rings is 3. The average Bonchev–Trinajstić information content (AvgIpc) is 4.00. The maximum atomic E-state index is 15.9. The lowest BCUT2D eigenvalue weighted by molar-refractivity contribution is -0.117. The molecule has 2 aromatic heterocycles. The van der Waals surface area contributed by atoms with Gasteiger partial charge >= 0.3 is 0 Å². The minimum Gasteiger partial charge on any atom is -0.456 e. The van der Waals surface area contributed by atoms with Gasteiger partial charge in [0.1, 0.15) is 27.9 Å². The zero-order valence-corrected chi connectivity index (χ0v) is 30.8. The SMILES string of the molecule is CN1CCCC1CCNCC(N)=O.O=C(NCCN1CCCC1)c1cn2c3c(c(N4CCCC4)c(F)cc3c1=O)Oc1cc3c(cc1-2)oc1ccccc13. The largest absolute Gasteiger partial charge is 0.456 e. The molecular formula is C41H48FN7O5. The number of likely N-dealkylation sites (tertiary alicyclic amines) is 2. The van der Waals surface area contributed by atoms with Gasteiger partial charge in [-0.2, -0.15) is 0 Å². The molecule has 0 saturated carbocycles. The van der Waals surface area contributed by atoms with Crippen molar-refractivity contribution in [1.82, 2.24) is 25.0 Å². The number of carbonyl (C=O) groups is 2. The minimum absolute atomic E-state index is 0.0317. The fraction of sp³-hybridized carbons (Fsp3) is 0.439. The van der Waals surface area contributed by atoms with Crippen molar-refractivity contribution in [1.29, 1.82) is 0 Å². The van der Waals surface area contributed by atoms with Crippen LogP contribution in [0.25, 0.3) is 38.5 Å². The Labute approximate surface area is 313 Å². The van der Waals surface area contributed by atoms with Crippen LogP contribution in [0.5, 0.6) is 11.5 Å². The van der Waals surface area contributed by atoms with Gasteiger partial charge in [0, 0.05) is 55.3 Å². The molecule has 3 saturated heterocycles. The number of aromatic nitrogens is 1. The lowest BCUT2D eigenvalue weighted by Crippen LogP contribution is -2.36. The first-order chi connectivity index (χ1) is 26.3. The highest BCUT2D eigenvalue weighted by atomic mass is 19.1. The van der Waals surface area contributed by atoms with Crippen molar-refractivity contribution in [2.24, 2.45) is 5.73 Å². The number of primary amides is 1. The second-order valence-electron chi connectivity index (χ2n) is 14.9. The number of furan rings is 1. The number of halogens is 1. The highest BCUT2D eigenvalue weighted by Crippen LogP contribution is 2.48. The third-order valence-electron chi connectivity index (χ3n) is 11.3. The third-order valence-corrected chi connectivity index (χ3v) is 11.3. The minimum atomic E-state index is -0.525. The van der Waals surface area contributed by atoms with Crippen LogP contribution in [-0.2, 0) is 4.79 Å². The Morgan fingerprint density at radius 1 is 0.926 bits per heavy atom. The van der Waals surface area contributed by atoms with Gasteiger partial charge in [0.25, 0.3) is 5.91 Å². The number of hydrogen-bond acceptors (Lipinski definition) is 9. The highest BCUT2D eigenvalue weighted by Gasteiger charge is 2.32. The molecule has 6 heterocycles. The van der Waals surface area contributed by atoms with Crippen LogP contribution >= 0.6 is 0 Å². The summed E-state index contributed by atoms with van der Waals surface area (Å²) in [7, 11) is 2.16. The van der Waals surface area contributed by atoms with Gasteiger partial charge in [-0.05, 0) is 96.4 Å². The van der Waals surface area contributed by atoms with Gasteiger partial charge in [0.05, 0.1) is 17.6 Å². The lowest BCUT2D eigenvalue weighted by atomic mass is 10.0. The maximum Gasteiger partial charge on any atom is 0.256 e. The first kappa shape index (κ1) is 36.0. The number of nitrogens with one attached hydrogen (secondary N) is 2. The molecule has 12 nitrogen and oxygen atoms in total. The summed E-state index contributed by atoms with van der Waals surface area (Å²) in [5.41, 5.74) is 7.29. The Kier molecular flexibility index (Phi) is 10.3. The second kappa shape index (κ2) is 15.4. The van der Waals surface area contributed by atoms with Crippen LogP contribution in [0, 0.1) is 5.82 Å². The molecule has 2 amide bonds. The molecule has 0 radical (unpaired) electrons. The van der Waals surface area contributed by atoms with Gasteiger partial charge in [0.2, 0.25) is 11.3 Å². The molecule has 4 aliphatic rings. The standard InChI is InChI=1S/C32H29FN4O4.C9H19N3O/c33-23-15-21-28-31(29(23)36-12-5-6-13-36)41-27-16-20-19-7-1-2-8-25(19)40-26(20)17-24(27)37(28)18-22(30(21)38)32(39)34-9-14-35-10-3-4-11-35;1-12-6-2-3-8(12)4-5-11-7-9(10)13/h1-2,7-8,15-18H,3-6,9-14H2,(H,34,39);8,11H,2-7H2,1H3,(H2,10,13). The molecular weight excluding hydrogens is 689 g/mol. The van der Waals surface area contributed by atoms with Crippen LogP contribution in [0.3, 0.4) is 0 Å². The normalized spacial score (nSPS) is 18.3. The number of ether oxygens (including phenoxy) is 1. The summed E-state index contributed by atoms with van der Waals surface area (Å²) in [5.74, 6) is -0.460. The van der Waals surface area contributed by atoms with Gasteiger partial charge in [0.15, 0.2) is 17.3 Å². The van der Waals surface area contributed by atoms with Crippen molar-refractivity contribution >= 4 is 50.3 Å². The quantitative estimate of drug-likeness (QED) is 0.164. The zero-order chi connectivity index (χ0) is 37.3. The van der Waals surface area contributed by atoms with Gasteiger partial charge in [-0.1, -0.05) is 18.2 Å². The summed E-state index contributed by atoms with van der Waals surface area (Å²) in [6.07, 6.45) is 9.51. The number of pyridine rings is 1. The Balaban J connectivity index is 0.000000272. The number of fused-ring (bicyclic) bond motifs is 5. The van der Waals surface area contributed by atoms with E-state index in [0.717, 1.165) is 74.6 Å². The number of anilines is 1. The summed E-state index contributed by atoms with van der Waals surface area (Å²) >= 11 is 0. The van der Waals surface area contributed by atoms with E-state index in [4.69, 9.17) is 14.9 Å². The Hall–Kier alpha value is -4.98. The maximum absolute atomic E-state index is 15.9. The number of rotatable bonds is 10. The molecule has 13 heteroatoms. The number of hydrogen-bond donors (Lipinski definition) is 3. The number of nitrogens with zero attached hydrogens (tertiary/aromatic N) is 4. The van der Waals surface area contributed by atoms with Crippen LogP contribution in [-0.4, -0.2) is 98.2 Å². The van der Waals surface area contributed by atoms with Crippen molar-refractivity contribution < 1.29 is 23.1 Å². The smallest absolute Gasteiger partial charge is 0.256 e. The van der Waals surface area contributed by atoms with Crippen LogP contribution < -0.4 is 31.4 Å². The Morgan fingerprint density at radius 3 is 2.46 bits per heavy atom. The summed E-state index contributed by atoms with van der Waals surface area (Å²) in [6, 6.07) is 13.5.